The summed E-state index contributed by atoms with van der Waals surface area (Å²) >= 11 is 0. The van der Waals surface area contributed by atoms with E-state index in [1.807, 2.05) is 0 Å². The number of alkyl halides is 3. The molecule has 2 N–H and O–H groups in total. The number of hydrogen-bond acceptors (Lipinski definition) is 4. The van der Waals surface area contributed by atoms with Gasteiger partial charge in [-0.2, -0.15) is 13.2 Å². The normalized spacial score (nSPS) is 11.2. The smallest absolute Gasteiger partial charge is 0.416 e. The largest absolute Gasteiger partial charge is 0.508 e. The summed E-state index contributed by atoms with van der Waals surface area (Å²) in [6.07, 6.45) is -4.55. The Morgan fingerprint density at radius 2 is 1.77 bits per heavy atom. The molecule has 7 heteroatoms. The quantitative estimate of drug-likeness (QED) is 0.852. The second-order valence-corrected chi connectivity index (χ2v) is 4.43. The summed E-state index contributed by atoms with van der Waals surface area (Å²) < 4.78 is 43.2. The molecule has 0 spiro atoms. The van der Waals surface area contributed by atoms with Crippen LogP contribution in [0.5, 0.6) is 11.5 Å². The van der Waals surface area contributed by atoms with Crippen molar-refractivity contribution in [2.75, 3.05) is 0 Å². The van der Waals surface area contributed by atoms with Crippen LogP contribution in [0.15, 0.2) is 42.5 Å². The number of ether oxygens (including phenoxy) is 1. The van der Waals surface area contributed by atoms with Gasteiger partial charge in [-0.15, -0.1) is 0 Å². The molecule has 22 heavy (non-hydrogen) atoms. The number of phenolic OH excluding ortho intramolecular Hbond substituents is 2. The number of rotatable bonds is 3. The molecular formula is C15H11F3O4. The van der Waals surface area contributed by atoms with Crippen LogP contribution in [0.2, 0.25) is 0 Å². The highest BCUT2D eigenvalue weighted by atomic mass is 19.4. The Balaban J connectivity index is 2.15. The standard InChI is InChI=1S/C15H11F3O4/c16-15(17,18)12-4-2-1-3-9(12)8-22-14(21)11-6-5-10(19)7-13(11)20/h1-7,19-20H,8H2. The first-order valence-corrected chi connectivity index (χ1v) is 6.13. The monoisotopic (exact) mass is 312 g/mol. The van der Waals surface area contributed by atoms with Gasteiger partial charge < -0.3 is 14.9 Å². The molecule has 0 unspecified atom stereocenters. The maximum absolute atomic E-state index is 12.8. The molecule has 0 saturated carbocycles. The van der Waals surface area contributed by atoms with E-state index in [0.29, 0.717) is 0 Å². The Bertz CT molecular complexity index is 695. The van der Waals surface area contributed by atoms with Crippen molar-refractivity contribution in [2.24, 2.45) is 0 Å². The second kappa shape index (κ2) is 5.97. The Kier molecular flexibility index (Phi) is 4.25. The van der Waals surface area contributed by atoms with Crippen LogP contribution in [0.25, 0.3) is 0 Å². The topological polar surface area (TPSA) is 66.8 Å². The lowest BCUT2D eigenvalue weighted by molar-refractivity contribution is -0.138. The van der Waals surface area contributed by atoms with E-state index in [1.165, 1.54) is 18.2 Å². The maximum Gasteiger partial charge on any atom is 0.416 e. The zero-order valence-electron chi connectivity index (χ0n) is 11.1. The van der Waals surface area contributed by atoms with Crippen molar-refractivity contribution in [2.45, 2.75) is 12.8 Å². The summed E-state index contributed by atoms with van der Waals surface area (Å²) in [4.78, 5) is 11.8. The molecule has 0 radical (unpaired) electrons. The molecule has 0 aliphatic carbocycles. The van der Waals surface area contributed by atoms with Gasteiger partial charge in [-0.1, -0.05) is 18.2 Å². The summed E-state index contributed by atoms with van der Waals surface area (Å²) in [5.74, 6) is -1.76. The lowest BCUT2D eigenvalue weighted by atomic mass is 10.1. The van der Waals surface area contributed by atoms with Crippen molar-refractivity contribution in [1.82, 2.24) is 0 Å². The minimum absolute atomic E-state index is 0.193. The molecule has 0 aliphatic rings. The Hall–Kier alpha value is -2.70. The fraction of sp³-hybridized carbons (Fsp3) is 0.133. The van der Waals surface area contributed by atoms with Gasteiger partial charge in [0.1, 0.15) is 23.7 Å². The Morgan fingerprint density at radius 1 is 1.09 bits per heavy atom. The molecule has 2 aromatic rings. The SMILES string of the molecule is O=C(OCc1ccccc1C(F)(F)F)c1ccc(O)cc1O. The molecule has 116 valence electrons. The summed E-state index contributed by atoms with van der Waals surface area (Å²) in [6, 6.07) is 7.92. The number of esters is 1. The fourth-order valence-corrected chi connectivity index (χ4v) is 1.84. The third-order valence-corrected chi connectivity index (χ3v) is 2.88. The molecule has 0 amide bonds. The van der Waals surface area contributed by atoms with Gasteiger partial charge in [-0.05, 0) is 18.2 Å². The van der Waals surface area contributed by atoms with Crippen molar-refractivity contribution >= 4 is 5.97 Å². The number of carbonyl (C=O) groups is 1. The molecule has 0 saturated heterocycles. The number of aromatic hydroxyl groups is 2. The van der Waals surface area contributed by atoms with Crippen LogP contribution in [-0.4, -0.2) is 16.2 Å². The third kappa shape index (κ3) is 3.49. The Labute approximate surface area is 123 Å². The molecule has 2 aromatic carbocycles. The molecule has 0 atom stereocenters. The van der Waals surface area contributed by atoms with E-state index in [9.17, 15) is 23.1 Å². The van der Waals surface area contributed by atoms with Gasteiger partial charge in [-0.3, -0.25) is 0 Å². The number of halogens is 3. The first-order valence-electron chi connectivity index (χ1n) is 6.13. The zero-order valence-corrected chi connectivity index (χ0v) is 11.1. The van der Waals surface area contributed by atoms with Crippen molar-refractivity contribution in [1.29, 1.82) is 0 Å². The number of benzene rings is 2. The highest BCUT2D eigenvalue weighted by molar-refractivity contribution is 5.92. The van der Waals surface area contributed by atoms with Crippen molar-refractivity contribution in [3.8, 4) is 11.5 Å². The summed E-state index contributed by atoms with van der Waals surface area (Å²) in [6.45, 7) is -0.588. The van der Waals surface area contributed by atoms with Gasteiger partial charge in [0.2, 0.25) is 0 Å². The lowest BCUT2D eigenvalue weighted by Crippen LogP contribution is -2.12. The predicted molar refractivity (Wildman–Crippen MR) is 70.3 cm³/mol. The third-order valence-electron chi connectivity index (χ3n) is 2.88. The van der Waals surface area contributed by atoms with E-state index in [0.717, 1.165) is 24.3 Å². The van der Waals surface area contributed by atoms with Crippen LogP contribution in [0, 0.1) is 0 Å². The van der Waals surface area contributed by atoms with E-state index >= 15 is 0 Å². The maximum atomic E-state index is 12.8. The van der Waals surface area contributed by atoms with Crippen LogP contribution in [0.4, 0.5) is 13.2 Å². The minimum Gasteiger partial charge on any atom is -0.508 e. The van der Waals surface area contributed by atoms with Gasteiger partial charge in [0, 0.05) is 11.6 Å². The molecule has 0 aromatic heterocycles. The van der Waals surface area contributed by atoms with Crippen molar-refractivity contribution in [3.05, 3.63) is 59.2 Å². The van der Waals surface area contributed by atoms with Gasteiger partial charge >= 0.3 is 12.1 Å². The molecule has 4 nitrogen and oxygen atoms in total. The second-order valence-electron chi connectivity index (χ2n) is 4.43. The fourth-order valence-electron chi connectivity index (χ4n) is 1.84. The van der Waals surface area contributed by atoms with E-state index < -0.39 is 30.1 Å². The molecule has 0 bridgehead atoms. The molecule has 0 heterocycles. The van der Waals surface area contributed by atoms with Crippen molar-refractivity contribution < 1.29 is 32.9 Å². The average molecular weight is 312 g/mol. The van der Waals surface area contributed by atoms with Crippen LogP contribution in [-0.2, 0) is 17.5 Å². The average Bonchev–Trinajstić information content (AvgIpc) is 2.44. The zero-order chi connectivity index (χ0) is 16.3. The van der Waals surface area contributed by atoms with Crippen LogP contribution in [0.1, 0.15) is 21.5 Å². The molecule has 2 rings (SSSR count). The van der Waals surface area contributed by atoms with Gasteiger partial charge in [0.25, 0.3) is 0 Å². The van der Waals surface area contributed by atoms with Gasteiger partial charge in [0.05, 0.1) is 5.56 Å². The Morgan fingerprint density at radius 3 is 2.41 bits per heavy atom. The van der Waals surface area contributed by atoms with E-state index in [4.69, 9.17) is 9.84 Å². The molecular weight excluding hydrogens is 301 g/mol. The minimum atomic E-state index is -4.55. The summed E-state index contributed by atoms with van der Waals surface area (Å²) in [7, 11) is 0. The molecule has 0 aliphatic heterocycles. The number of carbonyl (C=O) groups excluding carboxylic acids is 1. The highest BCUT2D eigenvalue weighted by Crippen LogP contribution is 2.32. The van der Waals surface area contributed by atoms with Crippen LogP contribution < -0.4 is 0 Å². The molecule has 0 fully saturated rings. The van der Waals surface area contributed by atoms with Crippen LogP contribution in [0.3, 0.4) is 0 Å². The predicted octanol–water partition coefficient (Wildman–Crippen LogP) is 3.47. The van der Waals surface area contributed by atoms with Crippen LogP contribution >= 0.6 is 0 Å². The summed E-state index contributed by atoms with van der Waals surface area (Å²) in [5, 5.41) is 18.6. The number of hydrogen-bond donors (Lipinski definition) is 2. The van der Waals surface area contributed by atoms with E-state index in [-0.39, 0.29) is 16.9 Å². The van der Waals surface area contributed by atoms with E-state index in [2.05, 4.69) is 0 Å². The highest BCUT2D eigenvalue weighted by Gasteiger charge is 2.33. The van der Waals surface area contributed by atoms with E-state index in [1.54, 1.807) is 0 Å². The van der Waals surface area contributed by atoms with Gasteiger partial charge in [0.15, 0.2) is 0 Å². The number of phenols is 2. The first-order chi connectivity index (χ1) is 10.3. The van der Waals surface area contributed by atoms with Gasteiger partial charge in [-0.25, -0.2) is 4.79 Å². The lowest BCUT2D eigenvalue weighted by Gasteiger charge is -2.13. The van der Waals surface area contributed by atoms with Crippen molar-refractivity contribution in [3.63, 3.8) is 0 Å². The first kappa shape index (κ1) is 15.7. The summed E-state index contributed by atoms with van der Waals surface area (Å²) in [5.41, 5.74) is -1.33.